The summed E-state index contributed by atoms with van der Waals surface area (Å²) in [6.07, 6.45) is 4.44. The number of sulfonamides is 1. The number of hydrogen-bond donors (Lipinski definition) is 1. The molecule has 0 saturated heterocycles. The fraction of sp³-hybridized carbons (Fsp3) is 0.394. The lowest BCUT2D eigenvalue weighted by Gasteiger charge is -2.34. The third-order valence-corrected chi connectivity index (χ3v) is 9.87. The molecule has 0 radical (unpaired) electrons. The van der Waals surface area contributed by atoms with Gasteiger partial charge in [-0.15, -0.1) is 0 Å². The van der Waals surface area contributed by atoms with E-state index in [0.29, 0.717) is 12.1 Å². The van der Waals surface area contributed by atoms with Crippen molar-refractivity contribution >= 4 is 27.5 Å². The van der Waals surface area contributed by atoms with Crippen molar-refractivity contribution in [2.45, 2.75) is 83.3 Å². The van der Waals surface area contributed by atoms with Crippen LogP contribution in [0.15, 0.2) is 77.7 Å². The number of benzene rings is 3. The molecule has 7 nitrogen and oxygen atoms in total. The van der Waals surface area contributed by atoms with Gasteiger partial charge in [0.1, 0.15) is 12.6 Å². The van der Waals surface area contributed by atoms with Crippen LogP contribution in [-0.4, -0.2) is 43.8 Å². The van der Waals surface area contributed by atoms with E-state index in [1.54, 1.807) is 35.2 Å². The van der Waals surface area contributed by atoms with Crippen LogP contribution in [0.5, 0.6) is 0 Å². The predicted octanol–water partition coefficient (Wildman–Crippen LogP) is 5.67. The van der Waals surface area contributed by atoms with E-state index < -0.39 is 28.5 Å². The Bertz CT molecular complexity index is 1470. The van der Waals surface area contributed by atoms with E-state index in [1.807, 2.05) is 58.0 Å². The maximum absolute atomic E-state index is 14.3. The molecule has 0 aliphatic heterocycles. The molecule has 1 aliphatic rings. The highest BCUT2D eigenvalue weighted by Gasteiger charge is 2.34. The number of hydrogen-bond acceptors (Lipinski definition) is 4. The second kappa shape index (κ2) is 13.3. The van der Waals surface area contributed by atoms with Gasteiger partial charge in [-0.25, -0.2) is 8.42 Å². The molecule has 41 heavy (non-hydrogen) atoms. The zero-order valence-electron chi connectivity index (χ0n) is 24.5. The molecule has 1 unspecified atom stereocenters. The van der Waals surface area contributed by atoms with E-state index >= 15 is 0 Å². The zero-order chi connectivity index (χ0) is 29.6. The first-order chi connectivity index (χ1) is 19.6. The molecule has 0 heterocycles. The first-order valence-corrected chi connectivity index (χ1v) is 15.8. The van der Waals surface area contributed by atoms with Gasteiger partial charge in [-0.3, -0.25) is 13.9 Å². The molecule has 0 aromatic heterocycles. The average molecular weight is 576 g/mol. The van der Waals surface area contributed by atoms with Crippen LogP contribution in [-0.2, 0) is 26.2 Å². The Morgan fingerprint density at radius 3 is 2.17 bits per heavy atom. The smallest absolute Gasteiger partial charge is 0.264 e. The van der Waals surface area contributed by atoms with Gasteiger partial charge in [0.15, 0.2) is 0 Å². The monoisotopic (exact) mass is 575 g/mol. The van der Waals surface area contributed by atoms with Crippen LogP contribution in [0.3, 0.4) is 0 Å². The quantitative estimate of drug-likeness (QED) is 0.319. The van der Waals surface area contributed by atoms with Crippen LogP contribution in [0, 0.1) is 20.8 Å². The summed E-state index contributed by atoms with van der Waals surface area (Å²) >= 11 is 0. The van der Waals surface area contributed by atoms with Crippen LogP contribution in [0.2, 0.25) is 0 Å². The molecular weight excluding hydrogens is 534 g/mol. The largest absolute Gasteiger partial charge is 0.352 e. The number of nitrogens with one attached hydrogen (secondary N) is 1. The first-order valence-electron chi connectivity index (χ1n) is 14.4. The molecule has 8 heteroatoms. The highest BCUT2D eigenvalue weighted by Crippen LogP contribution is 2.27. The van der Waals surface area contributed by atoms with Crippen molar-refractivity contribution in [3.05, 3.63) is 95.1 Å². The number of carbonyl (C=O) groups is 2. The van der Waals surface area contributed by atoms with Gasteiger partial charge in [0, 0.05) is 12.6 Å². The number of rotatable bonds is 11. The molecule has 2 amide bonds. The normalized spacial score (nSPS) is 14.4. The number of aryl methyl sites for hydroxylation is 3. The zero-order valence-corrected chi connectivity index (χ0v) is 25.3. The minimum atomic E-state index is -4.08. The van der Waals surface area contributed by atoms with Crippen molar-refractivity contribution in [3.8, 4) is 0 Å². The van der Waals surface area contributed by atoms with Gasteiger partial charge in [0.05, 0.1) is 10.6 Å². The molecule has 1 aliphatic carbocycles. The summed E-state index contributed by atoms with van der Waals surface area (Å²) in [5.74, 6) is -0.621. The molecule has 1 saturated carbocycles. The Kier molecular flexibility index (Phi) is 9.86. The lowest BCUT2D eigenvalue weighted by Crippen LogP contribution is -2.53. The topological polar surface area (TPSA) is 86.8 Å². The molecule has 3 aromatic carbocycles. The maximum atomic E-state index is 14.3. The van der Waals surface area contributed by atoms with Gasteiger partial charge in [-0.1, -0.05) is 68.3 Å². The van der Waals surface area contributed by atoms with Crippen molar-refractivity contribution in [1.82, 2.24) is 10.2 Å². The average Bonchev–Trinajstić information content (AvgIpc) is 3.47. The Labute approximate surface area is 244 Å². The van der Waals surface area contributed by atoms with Crippen molar-refractivity contribution in [2.75, 3.05) is 10.8 Å². The van der Waals surface area contributed by atoms with Crippen molar-refractivity contribution < 1.29 is 18.0 Å². The Hall–Kier alpha value is -3.65. The van der Waals surface area contributed by atoms with E-state index in [-0.39, 0.29) is 23.4 Å². The van der Waals surface area contributed by atoms with E-state index in [4.69, 9.17) is 0 Å². The molecule has 0 spiro atoms. The Morgan fingerprint density at radius 1 is 0.878 bits per heavy atom. The summed E-state index contributed by atoms with van der Waals surface area (Å²) in [5, 5.41) is 3.16. The highest BCUT2D eigenvalue weighted by atomic mass is 32.2. The predicted molar refractivity (Wildman–Crippen MR) is 163 cm³/mol. The Balaban J connectivity index is 1.73. The summed E-state index contributed by atoms with van der Waals surface area (Å²) in [6, 6.07) is 20.7. The third-order valence-electron chi connectivity index (χ3n) is 8.08. The maximum Gasteiger partial charge on any atom is 0.264 e. The fourth-order valence-electron chi connectivity index (χ4n) is 5.39. The van der Waals surface area contributed by atoms with Crippen molar-refractivity contribution in [3.63, 3.8) is 0 Å². The molecule has 3 aromatic rings. The van der Waals surface area contributed by atoms with Gasteiger partial charge in [0.25, 0.3) is 10.0 Å². The Morgan fingerprint density at radius 2 is 1.54 bits per heavy atom. The number of amides is 2. The van der Waals surface area contributed by atoms with Crippen LogP contribution < -0.4 is 9.62 Å². The van der Waals surface area contributed by atoms with Crippen molar-refractivity contribution in [1.29, 1.82) is 0 Å². The second-order valence-electron chi connectivity index (χ2n) is 11.0. The summed E-state index contributed by atoms with van der Waals surface area (Å²) < 4.78 is 29.1. The van der Waals surface area contributed by atoms with Crippen molar-refractivity contribution in [2.24, 2.45) is 0 Å². The summed E-state index contributed by atoms with van der Waals surface area (Å²) in [6.45, 7) is 7.50. The molecule has 0 bridgehead atoms. The molecule has 1 N–H and O–H groups in total. The van der Waals surface area contributed by atoms with Crippen LogP contribution in [0.4, 0.5) is 5.69 Å². The first kappa shape index (κ1) is 30.3. The number of carbonyl (C=O) groups excluding carboxylic acids is 2. The minimum absolute atomic E-state index is 0.0995. The summed E-state index contributed by atoms with van der Waals surface area (Å²) in [5.41, 5.74) is 4.26. The van der Waals surface area contributed by atoms with Gasteiger partial charge >= 0.3 is 0 Å². The van der Waals surface area contributed by atoms with Gasteiger partial charge in [-0.05, 0) is 86.6 Å². The fourth-order valence-corrected chi connectivity index (χ4v) is 6.81. The molecular formula is C33H41N3O4S. The van der Waals surface area contributed by atoms with E-state index in [9.17, 15) is 18.0 Å². The minimum Gasteiger partial charge on any atom is -0.352 e. The van der Waals surface area contributed by atoms with Gasteiger partial charge < -0.3 is 10.2 Å². The van der Waals surface area contributed by atoms with E-state index in [0.717, 1.165) is 47.9 Å². The molecule has 218 valence electrons. The standard InChI is InChI=1S/C33H41N3O4S/c1-5-31(33(38)34-28-15-11-12-16-28)35(22-27-14-10-9-13-25(27)3)32(37)23-36(29-20-19-24(2)26(4)21-29)41(39,40)30-17-7-6-8-18-30/h6-10,13-14,17-21,28,31H,5,11-12,15-16,22-23H2,1-4H3,(H,34,38). The third kappa shape index (κ3) is 7.17. The lowest BCUT2D eigenvalue weighted by atomic mass is 10.1. The van der Waals surface area contributed by atoms with Gasteiger partial charge in [-0.2, -0.15) is 0 Å². The van der Waals surface area contributed by atoms with Crippen LogP contribution in [0.25, 0.3) is 0 Å². The SMILES string of the molecule is CCC(C(=O)NC1CCCC1)N(Cc1ccccc1C)C(=O)CN(c1ccc(C)c(C)c1)S(=O)(=O)c1ccccc1. The summed E-state index contributed by atoms with van der Waals surface area (Å²) in [7, 11) is -4.08. The highest BCUT2D eigenvalue weighted by molar-refractivity contribution is 7.92. The molecule has 1 fully saturated rings. The molecule has 4 rings (SSSR count). The van der Waals surface area contributed by atoms with Gasteiger partial charge in [0.2, 0.25) is 11.8 Å². The second-order valence-corrected chi connectivity index (χ2v) is 12.8. The van der Waals surface area contributed by atoms with Crippen LogP contribution >= 0.6 is 0 Å². The van der Waals surface area contributed by atoms with E-state index in [1.165, 1.54) is 16.4 Å². The summed E-state index contributed by atoms with van der Waals surface area (Å²) in [4.78, 5) is 29.5. The molecule has 1 atom stereocenters. The number of anilines is 1. The van der Waals surface area contributed by atoms with Crippen LogP contribution in [0.1, 0.15) is 61.3 Å². The van der Waals surface area contributed by atoms with E-state index in [2.05, 4.69) is 5.32 Å². The number of nitrogens with zero attached hydrogens (tertiary/aromatic N) is 2. The lowest BCUT2D eigenvalue weighted by molar-refractivity contribution is -0.140.